The molecule has 0 aliphatic carbocycles. The van der Waals surface area contributed by atoms with Crippen molar-refractivity contribution in [2.75, 3.05) is 18.5 Å². The third kappa shape index (κ3) is 5.31. The molecule has 2 N–H and O–H groups in total. The number of halogens is 2. The first-order valence-corrected chi connectivity index (χ1v) is 6.70. The number of nitrogens with one attached hydrogen (secondary N) is 2. The topological polar surface area (TPSA) is 50.4 Å². The average molecular weight is 309 g/mol. The van der Waals surface area contributed by atoms with Crippen LogP contribution in [-0.2, 0) is 0 Å². The molecule has 2 rings (SSSR count). The lowest BCUT2D eigenvalue weighted by atomic mass is 10.3. The molecular weight excluding hydrogens is 295 g/mol. The van der Waals surface area contributed by atoms with Gasteiger partial charge in [-0.15, -0.1) is 0 Å². The number of hydrogen-bond acceptors (Lipinski definition) is 2. The Labute approximate surface area is 126 Å². The van der Waals surface area contributed by atoms with Crippen LogP contribution in [0.25, 0.3) is 0 Å². The van der Waals surface area contributed by atoms with E-state index >= 15 is 0 Å². The van der Waals surface area contributed by atoms with Crippen LogP contribution in [-0.4, -0.2) is 19.2 Å². The molecule has 0 radical (unpaired) electrons. The summed E-state index contributed by atoms with van der Waals surface area (Å²) in [6, 6.07) is 12.1. The van der Waals surface area contributed by atoms with Crippen LogP contribution in [0, 0.1) is 5.82 Å². The van der Waals surface area contributed by atoms with Crippen molar-refractivity contribution in [3.63, 3.8) is 0 Å². The standard InChI is InChI=1S/C15H14ClFN2O2/c16-11-1-7-14(8-2-11)21-10-9-18-15(20)19-13-5-3-12(17)4-6-13/h1-8H,9-10H2,(H2,18,19,20). The van der Waals surface area contributed by atoms with Crippen molar-refractivity contribution in [1.82, 2.24) is 5.32 Å². The Kier molecular flexibility index (Phi) is 5.40. The van der Waals surface area contributed by atoms with Crippen LogP contribution in [0.4, 0.5) is 14.9 Å². The summed E-state index contributed by atoms with van der Waals surface area (Å²) in [6.07, 6.45) is 0. The summed E-state index contributed by atoms with van der Waals surface area (Å²) in [7, 11) is 0. The van der Waals surface area contributed by atoms with Gasteiger partial charge in [0.15, 0.2) is 0 Å². The molecule has 21 heavy (non-hydrogen) atoms. The molecule has 4 nitrogen and oxygen atoms in total. The number of hydrogen-bond donors (Lipinski definition) is 2. The fraction of sp³-hybridized carbons (Fsp3) is 0.133. The fourth-order valence-electron chi connectivity index (χ4n) is 1.57. The number of amides is 2. The van der Waals surface area contributed by atoms with Gasteiger partial charge in [-0.1, -0.05) is 11.6 Å². The minimum absolute atomic E-state index is 0.332. The zero-order valence-electron chi connectivity index (χ0n) is 11.1. The third-order valence-electron chi connectivity index (χ3n) is 2.57. The number of ether oxygens (including phenoxy) is 1. The molecule has 2 aromatic carbocycles. The Balaban J connectivity index is 1.67. The molecule has 0 bridgehead atoms. The summed E-state index contributed by atoms with van der Waals surface area (Å²) in [4.78, 5) is 11.6. The highest BCUT2D eigenvalue weighted by molar-refractivity contribution is 6.30. The molecule has 0 unspecified atom stereocenters. The highest BCUT2D eigenvalue weighted by Gasteiger charge is 2.01. The summed E-state index contributed by atoms with van der Waals surface area (Å²) >= 11 is 5.76. The number of benzene rings is 2. The monoisotopic (exact) mass is 308 g/mol. The highest BCUT2D eigenvalue weighted by Crippen LogP contribution is 2.15. The molecule has 0 aliphatic rings. The van der Waals surface area contributed by atoms with Crippen molar-refractivity contribution in [2.45, 2.75) is 0 Å². The van der Waals surface area contributed by atoms with E-state index in [1.807, 2.05) is 0 Å². The van der Waals surface area contributed by atoms with Crippen molar-refractivity contribution < 1.29 is 13.9 Å². The number of urea groups is 1. The predicted octanol–water partition coefficient (Wildman–Crippen LogP) is 3.68. The van der Waals surface area contributed by atoms with Gasteiger partial charge >= 0.3 is 6.03 Å². The zero-order chi connectivity index (χ0) is 15.1. The predicted molar refractivity (Wildman–Crippen MR) is 80.4 cm³/mol. The molecule has 0 saturated heterocycles. The van der Waals surface area contributed by atoms with E-state index in [9.17, 15) is 9.18 Å². The summed E-state index contributed by atoms with van der Waals surface area (Å²) in [6.45, 7) is 0.675. The molecule has 0 spiro atoms. The Morgan fingerprint density at radius 2 is 1.76 bits per heavy atom. The SMILES string of the molecule is O=C(NCCOc1ccc(Cl)cc1)Nc1ccc(F)cc1. The van der Waals surface area contributed by atoms with Gasteiger partial charge in [-0.2, -0.15) is 0 Å². The molecule has 6 heteroatoms. The second-order valence-corrected chi connectivity index (χ2v) is 4.63. The van der Waals surface area contributed by atoms with E-state index in [2.05, 4.69) is 10.6 Å². The molecular formula is C15H14ClFN2O2. The van der Waals surface area contributed by atoms with Crippen molar-refractivity contribution in [3.05, 3.63) is 59.4 Å². The normalized spacial score (nSPS) is 10.0. The van der Waals surface area contributed by atoms with E-state index in [0.29, 0.717) is 29.6 Å². The van der Waals surface area contributed by atoms with Gasteiger partial charge in [0.05, 0.1) is 6.54 Å². The van der Waals surface area contributed by atoms with E-state index in [-0.39, 0.29) is 11.8 Å². The van der Waals surface area contributed by atoms with Crippen molar-refractivity contribution in [2.24, 2.45) is 0 Å². The molecule has 2 amide bonds. The Morgan fingerprint density at radius 3 is 2.43 bits per heavy atom. The van der Waals surface area contributed by atoms with Crippen LogP contribution < -0.4 is 15.4 Å². The van der Waals surface area contributed by atoms with E-state index in [0.717, 1.165) is 0 Å². The van der Waals surface area contributed by atoms with E-state index in [1.165, 1.54) is 24.3 Å². The largest absolute Gasteiger partial charge is 0.492 e. The summed E-state index contributed by atoms with van der Waals surface area (Å²) in [5.74, 6) is 0.331. The quantitative estimate of drug-likeness (QED) is 0.828. The maximum absolute atomic E-state index is 12.7. The van der Waals surface area contributed by atoms with Gasteiger partial charge in [-0.05, 0) is 48.5 Å². The number of carbonyl (C=O) groups is 1. The molecule has 110 valence electrons. The van der Waals surface area contributed by atoms with Gasteiger partial charge in [0.2, 0.25) is 0 Å². The lowest BCUT2D eigenvalue weighted by Gasteiger charge is -2.09. The summed E-state index contributed by atoms with van der Waals surface area (Å²) in [5, 5.41) is 5.86. The molecule has 0 aromatic heterocycles. The smallest absolute Gasteiger partial charge is 0.319 e. The van der Waals surface area contributed by atoms with Crippen molar-refractivity contribution in [3.8, 4) is 5.75 Å². The zero-order valence-corrected chi connectivity index (χ0v) is 11.9. The van der Waals surface area contributed by atoms with E-state index in [1.54, 1.807) is 24.3 Å². The average Bonchev–Trinajstić information content (AvgIpc) is 2.48. The van der Waals surface area contributed by atoms with Gasteiger partial charge in [-0.25, -0.2) is 9.18 Å². The highest BCUT2D eigenvalue weighted by atomic mass is 35.5. The maximum atomic E-state index is 12.7. The van der Waals surface area contributed by atoms with Crippen LogP contribution >= 0.6 is 11.6 Å². The van der Waals surface area contributed by atoms with Crippen molar-refractivity contribution >= 4 is 23.3 Å². The van der Waals surface area contributed by atoms with Gasteiger partial charge in [-0.3, -0.25) is 0 Å². The van der Waals surface area contributed by atoms with Crippen molar-refractivity contribution in [1.29, 1.82) is 0 Å². The van der Waals surface area contributed by atoms with Crippen LogP contribution in [0.2, 0.25) is 5.02 Å². The molecule has 0 saturated carbocycles. The van der Waals surface area contributed by atoms with Gasteiger partial charge < -0.3 is 15.4 Å². The van der Waals surface area contributed by atoms with Gasteiger partial charge in [0.25, 0.3) is 0 Å². The minimum atomic E-state index is -0.374. The summed E-state index contributed by atoms with van der Waals surface area (Å²) in [5.41, 5.74) is 0.521. The molecule has 0 fully saturated rings. The number of carbonyl (C=O) groups excluding carboxylic acids is 1. The number of rotatable bonds is 5. The lowest BCUT2D eigenvalue weighted by molar-refractivity contribution is 0.247. The van der Waals surface area contributed by atoms with E-state index < -0.39 is 0 Å². The molecule has 0 aliphatic heterocycles. The minimum Gasteiger partial charge on any atom is -0.492 e. The second kappa shape index (κ2) is 7.50. The fourth-order valence-corrected chi connectivity index (χ4v) is 1.70. The molecule has 0 atom stereocenters. The Hall–Kier alpha value is -2.27. The Bertz CT molecular complexity index is 588. The first-order valence-electron chi connectivity index (χ1n) is 6.32. The Morgan fingerprint density at radius 1 is 1.10 bits per heavy atom. The van der Waals surface area contributed by atoms with E-state index in [4.69, 9.17) is 16.3 Å². The second-order valence-electron chi connectivity index (χ2n) is 4.19. The lowest BCUT2D eigenvalue weighted by Crippen LogP contribution is -2.32. The molecule has 0 heterocycles. The maximum Gasteiger partial charge on any atom is 0.319 e. The van der Waals surface area contributed by atoms with Crippen LogP contribution in [0.3, 0.4) is 0 Å². The van der Waals surface area contributed by atoms with Gasteiger partial charge in [0.1, 0.15) is 18.2 Å². The number of anilines is 1. The third-order valence-corrected chi connectivity index (χ3v) is 2.82. The van der Waals surface area contributed by atoms with Crippen LogP contribution in [0.5, 0.6) is 5.75 Å². The summed E-state index contributed by atoms with van der Waals surface area (Å²) < 4.78 is 18.1. The molecule has 2 aromatic rings. The van der Waals surface area contributed by atoms with Gasteiger partial charge in [0, 0.05) is 10.7 Å². The van der Waals surface area contributed by atoms with Crippen LogP contribution in [0.1, 0.15) is 0 Å². The first-order chi connectivity index (χ1) is 10.1. The van der Waals surface area contributed by atoms with Crippen LogP contribution in [0.15, 0.2) is 48.5 Å². The first kappa shape index (κ1) is 15.1.